The maximum Gasteiger partial charge on any atom is 0.306 e. The highest BCUT2D eigenvalue weighted by Crippen LogP contribution is 2.15. The Bertz CT molecular complexity index is 1370. The molecule has 0 aliphatic carbocycles. The quantitative estimate of drug-likeness (QED) is 0.0261. The van der Waals surface area contributed by atoms with E-state index in [1.165, 1.54) is 135 Å². The van der Waals surface area contributed by atoms with E-state index in [2.05, 4.69) is 106 Å². The molecule has 0 amide bonds. The van der Waals surface area contributed by atoms with Gasteiger partial charge in [0.2, 0.25) is 0 Å². The fourth-order valence-corrected chi connectivity index (χ4v) is 8.34. The van der Waals surface area contributed by atoms with E-state index < -0.39 is 6.10 Å². The molecule has 0 aliphatic heterocycles. The summed E-state index contributed by atoms with van der Waals surface area (Å²) in [6.07, 6.45) is 77.1. The van der Waals surface area contributed by atoms with E-state index in [0.29, 0.717) is 19.3 Å². The third-order valence-electron chi connectivity index (χ3n) is 12.9. The molecule has 6 heteroatoms. The summed E-state index contributed by atoms with van der Waals surface area (Å²) in [6, 6.07) is 0. The number of esters is 3. The van der Waals surface area contributed by atoms with Crippen molar-refractivity contribution in [2.24, 2.45) is 0 Å². The summed E-state index contributed by atoms with van der Waals surface area (Å²) >= 11 is 0. The van der Waals surface area contributed by atoms with Gasteiger partial charge in [0.05, 0.1) is 0 Å². The van der Waals surface area contributed by atoms with Gasteiger partial charge in [0, 0.05) is 19.3 Å². The van der Waals surface area contributed by atoms with Crippen molar-refractivity contribution in [3.63, 3.8) is 0 Å². The van der Waals surface area contributed by atoms with E-state index in [9.17, 15) is 14.4 Å². The first-order valence-corrected chi connectivity index (χ1v) is 30.1. The number of unbranched alkanes of at least 4 members (excludes halogenated alkanes) is 29. The summed E-state index contributed by atoms with van der Waals surface area (Å²) in [7, 11) is 0. The smallest absolute Gasteiger partial charge is 0.306 e. The van der Waals surface area contributed by atoms with Crippen LogP contribution < -0.4 is 0 Å². The topological polar surface area (TPSA) is 78.9 Å². The van der Waals surface area contributed by atoms with Gasteiger partial charge in [-0.25, -0.2) is 0 Å². The van der Waals surface area contributed by atoms with E-state index in [1.54, 1.807) is 0 Å². The molecule has 6 nitrogen and oxygen atoms in total. The average Bonchev–Trinajstić information content (AvgIpc) is 3.37. The lowest BCUT2D eigenvalue weighted by atomic mass is 10.1. The summed E-state index contributed by atoms with van der Waals surface area (Å²) in [5.74, 6) is -0.911. The Morgan fingerprint density at radius 2 is 0.549 bits per heavy atom. The molecular weight excluding hydrogens is 877 g/mol. The van der Waals surface area contributed by atoms with Gasteiger partial charge in [-0.1, -0.05) is 241 Å². The fraction of sp³-hybridized carbons (Fsp3) is 0.738. The van der Waals surface area contributed by atoms with Gasteiger partial charge in [-0.3, -0.25) is 14.4 Å². The zero-order valence-electron chi connectivity index (χ0n) is 46.7. The van der Waals surface area contributed by atoms with Crippen LogP contribution in [-0.4, -0.2) is 37.2 Å². The van der Waals surface area contributed by atoms with Gasteiger partial charge in [0.1, 0.15) is 13.2 Å². The van der Waals surface area contributed by atoms with Crippen LogP contribution >= 0.6 is 0 Å². The number of rotatable bonds is 54. The van der Waals surface area contributed by atoms with Gasteiger partial charge < -0.3 is 14.2 Å². The molecule has 0 aliphatic rings. The molecule has 0 aromatic heterocycles. The maximum absolute atomic E-state index is 12.9. The van der Waals surface area contributed by atoms with Crippen LogP contribution in [0.3, 0.4) is 0 Å². The van der Waals surface area contributed by atoms with Crippen molar-refractivity contribution >= 4 is 17.9 Å². The lowest BCUT2D eigenvalue weighted by molar-refractivity contribution is -0.167. The molecule has 71 heavy (non-hydrogen) atoms. The highest BCUT2D eigenvalue weighted by atomic mass is 16.6. The van der Waals surface area contributed by atoms with Crippen LogP contribution in [0.15, 0.2) is 85.1 Å². The molecule has 1 atom stereocenters. The normalized spacial score (nSPS) is 12.7. The van der Waals surface area contributed by atoms with E-state index in [4.69, 9.17) is 14.2 Å². The third kappa shape index (κ3) is 57.4. The predicted molar refractivity (Wildman–Crippen MR) is 307 cm³/mol. The van der Waals surface area contributed by atoms with Gasteiger partial charge in [-0.15, -0.1) is 0 Å². The van der Waals surface area contributed by atoms with Crippen molar-refractivity contribution in [3.05, 3.63) is 85.1 Å². The first kappa shape index (κ1) is 67.6. The summed E-state index contributed by atoms with van der Waals surface area (Å²) in [5.41, 5.74) is 0. The zero-order valence-corrected chi connectivity index (χ0v) is 46.7. The van der Waals surface area contributed by atoms with E-state index in [-0.39, 0.29) is 31.1 Å². The van der Waals surface area contributed by atoms with Crippen LogP contribution in [0.4, 0.5) is 0 Å². The summed E-state index contributed by atoms with van der Waals surface area (Å²) in [5, 5.41) is 0. The van der Waals surface area contributed by atoms with Crippen LogP contribution in [0.5, 0.6) is 0 Å². The molecule has 0 aromatic rings. The molecule has 0 saturated carbocycles. The first-order chi connectivity index (χ1) is 35.0. The number of carbonyl (C=O) groups excluding carboxylic acids is 3. The first-order valence-electron chi connectivity index (χ1n) is 30.1. The van der Waals surface area contributed by atoms with Crippen LogP contribution in [0, 0.1) is 0 Å². The molecule has 0 fully saturated rings. The van der Waals surface area contributed by atoms with Gasteiger partial charge in [0.15, 0.2) is 6.10 Å². The Labute approximate surface area is 439 Å². The highest BCUT2D eigenvalue weighted by Gasteiger charge is 2.19. The number of carbonyl (C=O) groups is 3. The monoisotopic (exact) mass is 989 g/mol. The minimum Gasteiger partial charge on any atom is -0.462 e. The van der Waals surface area contributed by atoms with Crippen molar-refractivity contribution in [1.29, 1.82) is 0 Å². The molecule has 0 spiro atoms. The minimum atomic E-state index is -0.791. The van der Waals surface area contributed by atoms with Gasteiger partial charge in [-0.2, -0.15) is 0 Å². The second-order valence-corrected chi connectivity index (χ2v) is 19.9. The lowest BCUT2D eigenvalue weighted by Gasteiger charge is -2.18. The summed E-state index contributed by atoms with van der Waals surface area (Å²) in [4.78, 5) is 38.2. The Hall–Kier alpha value is -3.41. The molecule has 0 bridgehead atoms. The van der Waals surface area contributed by atoms with Crippen molar-refractivity contribution in [2.75, 3.05) is 13.2 Å². The van der Waals surface area contributed by atoms with Crippen molar-refractivity contribution < 1.29 is 28.6 Å². The standard InChI is InChI=1S/C65H112O6/c1-4-7-10-13-16-19-22-25-28-30-31-32-33-35-37-40-43-46-49-52-55-58-64(67)70-61-62(60-69-63(66)57-54-51-48-45-42-39-36-27-24-21-18-15-12-9-6-3)71-65(68)59-56-53-50-47-44-41-38-34-29-26-23-20-17-14-11-8-5-2/h7,10,16,19,25-29,31-32,35-37,62H,4-6,8-9,11-15,17-18,20-24,30,33-34,38-61H2,1-3H3/b10-7-,19-16-,28-25-,29-26-,32-31-,36-27-,37-35-. The second kappa shape index (κ2) is 59.2. The summed E-state index contributed by atoms with van der Waals surface area (Å²) in [6.45, 7) is 6.51. The highest BCUT2D eigenvalue weighted by molar-refractivity contribution is 5.71. The number of hydrogen-bond donors (Lipinski definition) is 0. The average molecular weight is 990 g/mol. The van der Waals surface area contributed by atoms with Crippen LogP contribution in [-0.2, 0) is 28.6 Å². The predicted octanol–water partition coefficient (Wildman–Crippen LogP) is 20.3. The Kier molecular flexibility index (Phi) is 56.3. The molecule has 0 aromatic carbocycles. The fourth-order valence-electron chi connectivity index (χ4n) is 8.34. The minimum absolute atomic E-state index is 0.0882. The van der Waals surface area contributed by atoms with Crippen LogP contribution in [0.25, 0.3) is 0 Å². The SMILES string of the molecule is CC/C=C\C/C=C\C/C=C\C/C=C\C/C=C\CCCCCCCC(=O)OCC(COC(=O)CCCCCCC/C=C\CCCCCCCC)OC(=O)CCCCCCCCC/C=C\CCCCCCCC. The molecule has 0 radical (unpaired) electrons. The van der Waals surface area contributed by atoms with E-state index in [0.717, 1.165) is 116 Å². The lowest BCUT2D eigenvalue weighted by Crippen LogP contribution is -2.30. The molecule has 0 saturated heterocycles. The van der Waals surface area contributed by atoms with Crippen LogP contribution in [0.1, 0.15) is 290 Å². The molecule has 0 heterocycles. The Morgan fingerprint density at radius 1 is 0.296 bits per heavy atom. The molecule has 1 unspecified atom stereocenters. The molecule has 0 rings (SSSR count). The number of ether oxygens (including phenoxy) is 3. The third-order valence-corrected chi connectivity index (χ3v) is 12.9. The van der Waals surface area contributed by atoms with Crippen molar-refractivity contribution in [3.8, 4) is 0 Å². The molecular formula is C65H112O6. The summed E-state index contributed by atoms with van der Waals surface area (Å²) < 4.78 is 16.9. The van der Waals surface area contributed by atoms with Crippen LogP contribution in [0.2, 0.25) is 0 Å². The largest absolute Gasteiger partial charge is 0.462 e. The second-order valence-electron chi connectivity index (χ2n) is 19.9. The Morgan fingerprint density at radius 3 is 0.873 bits per heavy atom. The van der Waals surface area contributed by atoms with Gasteiger partial charge >= 0.3 is 17.9 Å². The molecule has 408 valence electrons. The zero-order chi connectivity index (χ0) is 51.4. The number of allylic oxidation sites excluding steroid dienone is 14. The Balaban J connectivity index is 4.43. The van der Waals surface area contributed by atoms with Crippen molar-refractivity contribution in [2.45, 2.75) is 297 Å². The number of hydrogen-bond acceptors (Lipinski definition) is 6. The van der Waals surface area contributed by atoms with Crippen molar-refractivity contribution in [1.82, 2.24) is 0 Å². The maximum atomic E-state index is 12.9. The van der Waals surface area contributed by atoms with Gasteiger partial charge in [-0.05, 0) is 116 Å². The van der Waals surface area contributed by atoms with E-state index >= 15 is 0 Å². The van der Waals surface area contributed by atoms with E-state index in [1.807, 2.05) is 0 Å². The molecule has 0 N–H and O–H groups in total. The van der Waals surface area contributed by atoms with Gasteiger partial charge in [0.25, 0.3) is 0 Å².